The number of aryl methyl sites for hydroxylation is 1. The molecule has 4 aliphatic carbocycles. The summed E-state index contributed by atoms with van der Waals surface area (Å²) in [5.41, 5.74) is -2.87. The topological polar surface area (TPSA) is 248 Å². The lowest BCUT2D eigenvalue weighted by molar-refractivity contribution is -0.235. The molecule has 5 aliphatic rings. The van der Waals surface area contributed by atoms with Gasteiger partial charge in [0.1, 0.15) is 25.6 Å². The summed E-state index contributed by atoms with van der Waals surface area (Å²) in [6.45, 7) is 8.62. The number of hydrogen-bond acceptors (Lipinski definition) is 12. The first-order chi connectivity index (χ1) is 39.2. The molecule has 1 unspecified atom stereocenters. The summed E-state index contributed by atoms with van der Waals surface area (Å²) in [4.78, 5) is 108. The van der Waals surface area contributed by atoms with Gasteiger partial charge in [0.15, 0.2) is 29.1 Å². The van der Waals surface area contributed by atoms with Crippen LogP contribution in [0.2, 0.25) is 0 Å². The summed E-state index contributed by atoms with van der Waals surface area (Å²) in [6, 6.07) is 22.7. The number of halogens is 2. The van der Waals surface area contributed by atoms with Gasteiger partial charge in [-0.15, -0.1) is 0 Å². The minimum absolute atomic E-state index is 0.0114. The molecule has 1 aliphatic heterocycles. The first kappa shape index (κ1) is 60.8. The fourth-order valence-corrected chi connectivity index (χ4v) is 13.2. The number of Topliss-reactive ketones (excluding diaryl/α,β-unsaturated/α-hetero) is 1. The van der Waals surface area contributed by atoms with Crippen LogP contribution >= 0.6 is 0 Å². The molecule has 0 spiro atoms. The normalized spacial score (nSPS) is 27.9. The van der Waals surface area contributed by atoms with Gasteiger partial charge in [-0.2, -0.15) is 0 Å². The van der Waals surface area contributed by atoms with Crippen molar-refractivity contribution in [3.05, 3.63) is 131 Å². The average molecular weight is 1130 g/mol. The second kappa shape index (κ2) is 25.9. The maximum Gasteiger partial charge on any atom is 0.243 e. The Kier molecular flexibility index (Phi) is 19.2. The summed E-state index contributed by atoms with van der Waals surface area (Å²) in [5, 5.41) is 24.4. The number of benzene rings is 3. The largest absolute Gasteiger partial charge is 0.390 e. The first-order valence-corrected chi connectivity index (χ1v) is 28.1. The number of allylic oxidation sites excluding steroid dienone is 4. The van der Waals surface area contributed by atoms with Gasteiger partial charge in [0.25, 0.3) is 0 Å². The number of hydrogen-bond donors (Lipinski definition) is 6. The molecule has 3 aromatic rings. The molecule has 6 N–H and O–H groups in total. The van der Waals surface area contributed by atoms with E-state index in [4.69, 9.17) is 14.2 Å². The van der Waals surface area contributed by atoms with Crippen LogP contribution in [0, 0.1) is 22.7 Å². The smallest absolute Gasteiger partial charge is 0.243 e. The van der Waals surface area contributed by atoms with Crippen LogP contribution in [0.5, 0.6) is 0 Å². The number of para-hydroxylation sites is 1. The highest BCUT2D eigenvalue weighted by Crippen LogP contribution is 2.72. The monoisotopic (exact) mass is 1130 g/mol. The Balaban J connectivity index is 0.807. The molecule has 3 aromatic carbocycles. The number of carbonyl (C=O) groups excluding carboxylic acids is 8. The molecule has 6 amide bonds. The lowest BCUT2D eigenvalue weighted by atomic mass is 9.44. The zero-order chi connectivity index (χ0) is 59.0. The number of nitrogens with zero attached hydrogens (tertiary/aromatic N) is 1. The van der Waals surface area contributed by atoms with Crippen LogP contribution in [0.15, 0.2) is 109 Å². The van der Waals surface area contributed by atoms with Crippen LogP contribution in [0.25, 0.3) is 6.08 Å². The molecule has 20 heteroatoms. The number of anilines is 1. The van der Waals surface area contributed by atoms with Gasteiger partial charge >= 0.3 is 0 Å². The van der Waals surface area contributed by atoms with Crippen molar-refractivity contribution in [2.75, 3.05) is 37.9 Å². The third-order valence-corrected chi connectivity index (χ3v) is 17.3. The standard InChI is InChI=1S/C62H74F2N6O12/c1-6-16-57-81-51-30-43-44-29-46(63)45-28-42(71)25-26-59(45,4)61(44,64)49(72)31-60(43,5)62(51,82-57)50(73)36-80-37-68-54(76)33-67-58(79)47(27-38-17-10-9-11-18-38)69-55(77)34-66-53(75)32-65-52(74)23-24-56(78)70(48-22-15-14-20-40(48)8-3)35-41-21-13-12-19-39(41)7-2/h7,9-15,17-22,25-26,28,43-44,46-47,49,51,57,72H,2,6,8,16,23-24,27,29-37H2,1,3-5H3,(H,65,74)(H,66,75)(H,67,79)(H,68,76)(H,69,77)/t43-,44-,46-,47-,49-,51+,57?,59-,60-,61-,62+/m0/s1. The van der Waals surface area contributed by atoms with Gasteiger partial charge in [0.05, 0.1) is 38.4 Å². The predicted octanol–water partition coefficient (Wildman–Crippen LogP) is 5.15. The molecule has 11 atom stereocenters. The van der Waals surface area contributed by atoms with E-state index in [0.29, 0.717) is 24.8 Å². The Morgan fingerprint density at radius 2 is 1.51 bits per heavy atom. The molecule has 3 saturated carbocycles. The van der Waals surface area contributed by atoms with Crippen LogP contribution < -0.4 is 31.5 Å². The number of ketones is 2. The molecule has 0 bridgehead atoms. The van der Waals surface area contributed by atoms with Crippen molar-refractivity contribution in [1.29, 1.82) is 0 Å². The number of aliphatic hydroxyl groups excluding tert-OH is 1. The van der Waals surface area contributed by atoms with Crippen molar-refractivity contribution in [2.24, 2.45) is 22.7 Å². The summed E-state index contributed by atoms with van der Waals surface area (Å²) in [7, 11) is 0. The van der Waals surface area contributed by atoms with Gasteiger partial charge in [0, 0.05) is 41.7 Å². The second-order valence-corrected chi connectivity index (χ2v) is 22.3. The molecule has 1 saturated heterocycles. The average Bonchev–Trinajstić information content (AvgIpc) is 1.84. The van der Waals surface area contributed by atoms with Gasteiger partial charge in [-0.05, 0) is 91.0 Å². The number of amides is 6. The first-order valence-electron chi connectivity index (χ1n) is 28.1. The van der Waals surface area contributed by atoms with E-state index in [1.165, 1.54) is 19.1 Å². The third-order valence-electron chi connectivity index (χ3n) is 17.3. The Hall–Kier alpha value is -7.26. The van der Waals surface area contributed by atoms with Gasteiger partial charge in [0.2, 0.25) is 35.4 Å². The molecular formula is C62H74F2N6O12. The molecule has 18 nitrogen and oxygen atoms in total. The molecule has 1 heterocycles. The van der Waals surface area contributed by atoms with Gasteiger partial charge in [-0.1, -0.05) is 119 Å². The van der Waals surface area contributed by atoms with E-state index in [-0.39, 0.29) is 56.5 Å². The minimum Gasteiger partial charge on any atom is -0.390 e. The van der Waals surface area contributed by atoms with Crippen LogP contribution in [-0.4, -0.2) is 127 Å². The van der Waals surface area contributed by atoms with Crippen LogP contribution in [0.1, 0.15) is 94.9 Å². The van der Waals surface area contributed by atoms with Crippen LogP contribution in [-0.2, 0) is 72.0 Å². The van der Waals surface area contributed by atoms with Crippen molar-refractivity contribution in [3.8, 4) is 0 Å². The van der Waals surface area contributed by atoms with Crippen LogP contribution in [0.4, 0.5) is 14.5 Å². The Bertz CT molecular complexity index is 2990. The number of rotatable bonds is 25. The number of nitrogens with one attached hydrogen (secondary N) is 5. The predicted molar refractivity (Wildman–Crippen MR) is 299 cm³/mol. The van der Waals surface area contributed by atoms with E-state index in [2.05, 4.69) is 33.2 Å². The highest BCUT2D eigenvalue weighted by atomic mass is 19.1. The van der Waals surface area contributed by atoms with Crippen molar-refractivity contribution in [2.45, 2.75) is 134 Å². The number of aliphatic hydroxyl groups is 1. The van der Waals surface area contributed by atoms with E-state index in [1.54, 1.807) is 48.2 Å². The molecule has 0 radical (unpaired) electrons. The number of ether oxygens (including phenoxy) is 3. The van der Waals surface area contributed by atoms with Gasteiger partial charge in [-0.3, -0.25) is 38.4 Å². The van der Waals surface area contributed by atoms with E-state index in [1.807, 2.05) is 62.4 Å². The molecule has 438 valence electrons. The lowest BCUT2D eigenvalue weighted by Gasteiger charge is -2.63. The van der Waals surface area contributed by atoms with E-state index < -0.39 is 139 Å². The Morgan fingerprint density at radius 3 is 2.24 bits per heavy atom. The SMILES string of the molecule is C=Cc1ccccc1CN(C(=O)CCC(=O)NCC(=O)NCC(=O)N[C@@H](Cc1ccccc1)C(=O)NCC(=O)NCOCC(=O)[C@@]12OC(CCC)O[C@@H]1C[C@H]1[C@@H]3C[C@H](F)C4=CC(=O)C=C[C@]4(C)[C@@]3(F)[C@@H](O)C[C@@]12C)c1ccccc1CC. The highest BCUT2D eigenvalue weighted by Gasteiger charge is 2.80. The third kappa shape index (κ3) is 12.3. The molecule has 4 fully saturated rings. The quantitative estimate of drug-likeness (QED) is 0.0477. The number of alkyl halides is 2. The number of carbonyl (C=O) groups is 8. The van der Waals surface area contributed by atoms with Crippen molar-refractivity contribution in [1.82, 2.24) is 26.6 Å². The lowest BCUT2D eigenvalue weighted by Crippen LogP contribution is -2.71. The maximum absolute atomic E-state index is 17.9. The summed E-state index contributed by atoms with van der Waals surface area (Å²) in [6.07, 6.45) is 1.38. The maximum atomic E-state index is 17.9. The van der Waals surface area contributed by atoms with E-state index in [9.17, 15) is 43.5 Å². The Labute approximate surface area is 476 Å². The zero-order valence-electron chi connectivity index (χ0n) is 46.8. The number of fused-ring (bicyclic) bond motifs is 7. The van der Waals surface area contributed by atoms with Gasteiger partial charge < -0.3 is 50.8 Å². The van der Waals surface area contributed by atoms with E-state index >= 15 is 8.78 Å². The van der Waals surface area contributed by atoms with Crippen molar-refractivity contribution >= 4 is 58.8 Å². The molecule has 8 rings (SSSR count). The molecule has 82 heavy (non-hydrogen) atoms. The fourth-order valence-electron chi connectivity index (χ4n) is 13.2. The summed E-state index contributed by atoms with van der Waals surface area (Å²) < 4.78 is 52.6. The summed E-state index contributed by atoms with van der Waals surface area (Å²) in [5.74, 6) is -6.52. The van der Waals surface area contributed by atoms with Crippen molar-refractivity contribution < 1.29 is 66.5 Å². The van der Waals surface area contributed by atoms with Gasteiger partial charge in [-0.25, -0.2) is 8.78 Å². The fraction of sp³-hybridized carbons (Fsp3) is 0.484. The Morgan fingerprint density at radius 1 is 0.841 bits per heavy atom. The molecule has 0 aromatic heterocycles. The summed E-state index contributed by atoms with van der Waals surface area (Å²) >= 11 is 0. The minimum atomic E-state index is -2.38. The highest BCUT2D eigenvalue weighted by molar-refractivity contribution is 6.01. The van der Waals surface area contributed by atoms with Crippen molar-refractivity contribution in [3.63, 3.8) is 0 Å². The van der Waals surface area contributed by atoms with Crippen LogP contribution in [0.3, 0.4) is 0 Å². The molecular weight excluding hydrogens is 1060 g/mol. The zero-order valence-corrected chi connectivity index (χ0v) is 46.8. The van der Waals surface area contributed by atoms with E-state index in [0.717, 1.165) is 28.5 Å². The second-order valence-electron chi connectivity index (χ2n) is 22.3.